The fourth-order valence-electron chi connectivity index (χ4n) is 6.54. The third kappa shape index (κ3) is 3.34. The number of nitrogens with zero attached hydrogens (tertiary/aromatic N) is 1. The second-order valence-corrected chi connectivity index (χ2v) is 11.0. The van der Waals surface area contributed by atoms with E-state index in [1.807, 2.05) is 12.1 Å². The summed E-state index contributed by atoms with van der Waals surface area (Å²) in [6, 6.07) is 47.1. The molecule has 3 heteroatoms. The molecule has 0 saturated carbocycles. The molecule has 0 amide bonds. The molecule has 0 fully saturated rings. The van der Waals surface area contributed by atoms with Crippen LogP contribution in [-0.2, 0) is 0 Å². The van der Waals surface area contributed by atoms with Crippen molar-refractivity contribution in [1.82, 2.24) is 0 Å². The van der Waals surface area contributed by atoms with Crippen molar-refractivity contribution in [2.45, 2.75) is 6.92 Å². The van der Waals surface area contributed by atoms with Gasteiger partial charge in [0.1, 0.15) is 22.3 Å². The summed E-state index contributed by atoms with van der Waals surface area (Å²) in [6.45, 7) is 2.12. The Morgan fingerprint density at radius 2 is 1.07 bits per heavy atom. The van der Waals surface area contributed by atoms with E-state index in [9.17, 15) is 0 Å². The summed E-state index contributed by atoms with van der Waals surface area (Å²) in [5, 5.41) is 9.30. The number of fused-ring (bicyclic) bond motifs is 10. The van der Waals surface area contributed by atoms with Crippen LogP contribution in [0.4, 0.5) is 17.1 Å². The van der Waals surface area contributed by atoms with Gasteiger partial charge in [0.25, 0.3) is 0 Å². The highest BCUT2D eigenvalue weighted by molar-refractivity contribution is 6.28. The van der Waals surface area contributed by atoms with E-state index in [4.69, 9.17) is 8.83 Å². The normalized spacial score (nSPS) is 11.9. The molecule has 2 aromatic heterocycles. The lowest BCUT2D eigenvalue weighted by atomic mass is 9.98. The van der Waals surface area contributed by atoms with Crippen LogP contribution in [0.2, 0.25) is 0 Å². The monoisotopic (exact) mass is 539 g/mol. The Hall–Kier alpha value is -5.54. The van der Waals surface area contributed by atoms with Gasteiger partial charge in [-0.15, -0.1) is 0 Å². The van der Waals surface area contributed by atoms with Gasteiger partial charge in [-0.05, 0) is 59.5 Å². The molecule has 0 spiro atoms. The number of anilines is 3. The summed E-state index contributed by atoms with van der Waals surface area (Å²) >= 11 is 0. The predicted octanol–water partition coefficient (Wildman–Crippen LogP) is 11.6. The van der Waals surface area contributed by atoms with Crippen LogP contribution in [0.5, 0.6) is 0 Å². The van der Waals surface area contributed by atoms with Crippen LogP contribution in [0, 0.1) is 6.92 Å². The Morgan fingerprint density at radius 1 is 0.429 bits per heavy atom. The van der Waals surface area contributed by atoms with Crippen LogP contribution in [0.1, 0.15) is 5.56 Å². The molecule has 0 atom stereocenters. The van der Waals surface area contributed by atoms with Crippen LogP contribution < -0.4 is 4.90 Å². The number of aryl methyl sites for hydroxylation is 1. The van der Waals surface area contributed by atoms with Crippen molar-refractivity contribution in [2.24, 2.45) is 0 Å². The van der Waals surface area contributed by atoms with Crippen molar-refractivity contribution in [3.8, 4) is 0 Å². The molecule has 0 saturated heterocycles. The lowest BCUT2D eigenvalue weighted by Crippen LogP contribution is -2.10. The topological polar surface area (TPSA) is 29.5 Å². The smallest absolute Gasteiger partial charge is 0.138 e. The summed E-state index contributed by atoms with van der Waals surface area (Å²) in [4.78, 5) is 2.32. The standard InChI is InChI=1S/C39H25NO2/c1-24-14-17-26(18-15-24)40(27-19-20-31-30-11-6-7-13-34(30)41-36(31)22-27)33-23-37-39(32-12-5-4-10-29(32)33)38-28-9-3-2-8-25(28)16-21-35(38)42-37/h2-23H,1H3. The van der Waals surface area contributed by atoms with Crippen molar-refractivity contribution in [2.75, 3.05) is 4.90 Å². The van der Waals surface area contributed by atoms with Gasteiger partial charge in [-0.2, -0.15) is 0 Å². The van der Waals surface area contributed by atoms with E-state index in [2.05, 4.69) is 133 Å². The number of benzene rings is 7. The van der Waals surface area contributed by atoms with Gasteiger partial charge in [-0.3, -0.25) is 0 Å². The van der Waals surface area contributed by atoms with Crippen molar-refractivity contribution >= 4 is 82.5 Å². The van der Waals surface area contributed by atoms with E-state index in [1.165, 1.54) is 21.7 Å². The van der Waals surface area contributed by atoms with Gasteiger partial charge in [0.15, 0.2) is 0 Å². The van der Waals surface area contributed by atoms with Crippen molar-refractivity contribution in [3.63, 3.8) is 0 Å². The van der Waals surface area contributed by atoms with Gasteiger partial charge >= 0.3 is 0 Å². The van der Waals surface area contributed by atoms with Crippen molar-refractivity contribution in [3.05, 3.63) is 139 Å². The van der Waals surface area contributed by atoms with E-state index < -0.39 is 0 Å². The zero-order valence-corrected chi connectivity index (χ0v) is 23.0. The largest absolute Gasteiger partial charge is 0.456 e. The van der Waals surface area contributed by atoms with Crippen LogP contribution >= 0.6 is 0 Å². The predicted molar refractivity (Wildman–Crippen MR) is 175 cm³/mol. The average molecular weight is 540 g/mol. The molecule has 7 aromatic carbocycles. The Bertz CT molecular complexity index is 2480. The lowest BCUT2D eigenvalue weighted by molar-refractivity contribution is 0.669. The first-order valence-electron chi connectivity index (χ1n) is 14.3. The fraction of sp³-hybridized carbons (Fsp3) is 0.0256. The highest BCUT2D eigenvalue weighted by Crippen LogP contribution is 2.46. The van der Waals surface area contributed by atoms with E-state index in [-0.39, 0.29) is 0 Å². The number of para-hydroxylation sites is 1. The minimum atomic E-state index is 0.867. The molecule has 198 valence electrons. The Morgan fingerprint density at radius 3 is 1.93 bits per heavy atom. The second-order valence-electron chi connectivity index (χ2n) is 11.0. The molecule has 0 radical (unpaired) electrons. The van der Waals surface area contributed by atoms with E-state index in [1.54, 1.807) is 0 Å². The van der Waals surface area contributed by atoms with Gasteiger partial charge < -0.3 is 13.7 Å². The average Bonchev–Trinajstić information content (AvgIpc) is 3.60. The van der Waals surface area contributed by atoms with Gasteiger partial charge in [0, 0.05) is 50.4 Å². The first-order chi connectivity index (χ1) is 20.7. The molecule has 9 aromatic rings. The van der Waals surface area contributed by atoms with E-state index in [0.717, 1.165) is 66.3 Å². The fourth-order valence-corrected chi connectivity index (χ4v) is 6.54. The number of furan rings is 2. The van der Waals surface area contributed by atoms with Crippen molar-refractivity contribution in [1.29, 1.82) is 0 Å². The molecule has 0 N–H and O–H groups in total. The maximum Gasteiger partial charge on any atom is 0.138 e. The molecule has 0 aliphatic rings. The number of hydrogen-bond acceptors (Lipinski definition) is 3. The summed E-state index contributed by atoms with van der Waals surface area (Å²) in [6.07, 6.45) is 0. The molecule has 0 aliphatic heterocycles. The molecule has 0 unspecified atom stereocenters. The highest BCUT2D eigenvalue weighted by Gasteiger charge is 2.22. The summed E-state index contributed by atoms with van der Waals surface area (Å²) < 4.78 is 12.9. The van der Waals surface area contributed by atoms with E-state index in [0.29, 0.717) is 0 Å². The minimum Gasteiger partial charge on any atom is -0.456 e. The summed E-state index contributed by atoms with van der Waals surface area (Å²) in [5.74, 6) is 0. The minimum absolute atomic E-state index is 0.867. The number of rotatable bonds is 3. The van der Waals surface area contributed by atoms with Crippen LogP contribution in [-0.4, -0.2) is 0 Å². The second kappa shape index (κ2) is 8.73. The SMILES string of the molecule is Cc1ccc(N(c2ccc3c(c2)oc2ccccc23)c2cc3oc4ccc5ccccc5c4c3c3ccccc23)cc1. The third-order valence-corrected chi connectivity index (χ3v) is 8.50. The molecular weight excluding hydrogens is 514 g/mol. The van der Waals surface area contributed by atoms with Crippen LogP contribution in [0.15, 0.2) is 142 Å². The summed E-state index contributed by atoms with van der Waals surface area (Å²) in [7, 11) is 0. The summed E-state index contributed by atoms with van der Waals surface area (Å²) in [5.41, 5.74) is 7.91. The zero-order valence-electron chi connectivity index (χ0n) is 23.0. The highest BCUT2D eigenvalue weighted by atomic mass is 16.3. The molecule has 9 rings (SSSR count). The first-order valence-corrected chi connectivity index (χ1v) is 14.3. The lowest BCUT2D eigenvalue weighted by Gasteiger charge is -2.27. The van der Waals surface area contributed by atoms with Gasteiger partial charge in [-0.25, -0.2) is 0 Å². The van der Waals surface area contributed by atoms with Gasteiger partial charge in [-0.1, -0.05) is 90.5 Å². The first kappa shape index (κ1) is 23.2. The molecular formula is C39H25NO2. The van der Waals surface area contributed by atoms with Crippen LogP contribution in [0.3, 0.4) is 0 Å². The maximum absolute atomic E-state index is 6.62. The zero-order chi connectivity index (χ0) is 27.8. The Kier molecular flexibility index (Phi) is 4.82. The molecule has 3 nitrogen and oxygen atoms in total. The Labute approximate surface area is 241 Å². The molecule has 0 bridgehead atoms. The third-order valence-electron chi connectivity index (χ3n) is 8.50. The quantitative estimate of drug-likeness (QED) is 0.224. The van der Waals surface area contributed by atoms with E-state index >= 15 is 0 Å². The van der Waals surface area contributed by atoms with Crippen LogP contribution in [0.25, 0.3) is 65.4 Å². The Balaban J connectivity index is 1.37. The molecule has 0 aliphatic carbocycles. The number of hydrogen-bond donors (Lipinski definition) is 0. The molecule has 2 heterocycles. The maximum atomic E-state index is 6.62. The van der Waals surface area contributed by atoms with Gasteiger partial charge in [0.2, 0.25) is 0 Å². The molecule has 42 heavy (non-hydrogen) atoms. The van der Waals surface area contributed by atoms with Crippen molar-refractivity contribution < 1.29 is 8.83 Å². The van der Waals surface area contributed by atoms with Gasteiger partial charge in [0.05, 0.1) is 5.69 Å².